The first-order valence-electron chi connectivity index (χ1n) is 10.7. The number of methoxy groups -OCH3 is 1. The molecule has 2 amide bonds. The molecule has 160 valence electrons. The van der Waals surface area contributed by atoms with Gasteiger partial charge in [0.15, 0.2) is 0 Å². The predicted molar refractivity (Wildman–Crippen MR) is 111 cm³/mol. The third-order valence-corrected chi connectivity index (χ3v) is 6.33. The number of carbonyl (C=O) groups is 2. The van der Waals surface area contributed by atoms with Crippen LogP contribution in [-0.2, 0) is 11.3 Å². The lowest BCUT2D eigenvalue weighted by Gasteiger charge is -2.43. The fraction of sp³-hybridized carbons (Fsp3) is 0.545. The zero-order valence-corrected chi connectivity index (χ0v) is 17.4. The van der Waals surface area contributed by atoms with E-state index in [4.69, 9.17) is 4.74 Å². The summed E-state index contributed by atoms with van der Waals surface area (Å²) in [6.45, 7) is 2.49. The number of benzene rings is 1. The number of ether oxygens (including phenoxy) is 1. The third kappa shape index (κ3) is 4.47. The molecular formula is C22H29N5O3. The molecule has 8 heteroatoms. The van der Waals surface area contributed by atoms with E-state index in [-0.39, 0.29) is 24.4 Å². The Kier molecular flexibility index (Phi) is 6.30. The van der Waals surface area contributed by atoms with Crippen LogP contribution in [0, 0.1) is 5.92 Å². The van der Waals surface area contributed by atoms with E-state index < -0.39 is 0 Å². The summed E-state index contributed by atoms with van der Waals surface area (Å²) >= 11 is 0. The molecular weight excluding hydrogens is 382 g/mol. The maximum atomic E-state index is 13.3. The van der Waals surface area contributed by atoms with Crippen LogP contribution in [0.15, 0.2) is 36.9 Å². The molecule has 30 heavy (non-hydrogen) atoms. The summed E-state index contributed by atoms with van der Waals surface area (Å²) in [5.74, 6) is 1.29. The van der Waals surface area contributed by atoms with E-state index in [1.54, 1.807) is 18.1 Å². The number of amides is 2. The number of piperidine rings is 2. The number of hydrogen-bond donors (Lipinski definition) is 0. The smallest absolute Gasteiger partial charge is 0.254 e. The second-order valence-corrected chi connectivity index (χ2v) is 8.10. The molecule has 1 unspecified atom stereocenters. The molecule has 1 aromatic carbocycles. The lowest BCUT2D eigenvalue weighted by atomic mass is 9.83. The Balaban J connectivity index is 1.38. The number of carbonyl (C=O) groups excluding carboxylic acids is 2. The molecule has 2 aliphatic rings. The second-order valence-electron chi connectivity index (χ2n) is 8.10. The lowest BCUT2D eigenvalue weighted by Crippen LogP contribution is -2.51. The zero-order chi connectivity index (χ0) is 20.9. The van der Waals surface area contributed by atoms with Crippen LogP contribution >= 0.6 is 0 Å². The summed E-state index contributed by atoms with van der Waals surface area (Å²) < 4.78 is 6.85. The molecule has 1 aromatic heterocycles. The average Bonchev–Trinajstić information content (AvgIpc) is 3.32. The fourth-order valence-corrected chi connectivity index (χ4v) is 4.71. The Labute approximate surface area is 176 Å². The fourth-order valence-electron chi connectivity index (χ4n) is 4.71. The molecule has 0 radical (unpaired) electrons. The van der Waals surface area contributed by atoms with Crippen LogP contribution in [-0.4, -0.2) is 69.2 Å². The summed E-state index contributed by atoms with van der Waals surface area (Å²) in [7, 11) is 1.62. The maximum absolute atomic E-state index is 13.3. The summed E-state index contributed by atoms with van der Waals surface area (Å²) in [5, 5.41) is 4.01. The number of nitrogens with zero attached hydrogens (tertiary/aromatic N) is 5. The molecule has 1 atom stereocenters. The maximum Gasteiger partial charge on any atom is 0.254 e. The van der Waals surface area contributed by atoms with Gasteiger partial charge in [-0.2, -0.15) is 5.10 Å². The molecule has 2 fully saturated rings. The highest BCUT2D eigenvalue weighted by Gasteiger charge is 2.36. The molecule has 2 aliphatic heterocycles. The van der Waals surface area contributed by atoms with Crippen molar-refractivity contribution in [1.29, 1.82) is 0 Å². The summed E-state index contributed by atoms with van der Waals surface area (Å²) in [6, 6.07) is 7.65. The molecule has 0 saturated carbocycles. The highest BCUT2D eigenvalue weighted by atomic mass is 16.5. The van der Waals surface area contributed by atoms with Gasteiger partial charge in [-0.15, -0.1) is 0 Å². The first kappa shape index (κ1) is 20.4. The third-order valence-electron chi connectivity index (χ3n) is 6.33. The van der Waals surface area contributed by atoms with Crippen LogP contribution in [0.5, 0.6) is 5.75 Å². The zero-order valence-electron chi connectivity index (χ0n) is 17.4. The Hall–Kier alpha value is -2.90. The molecule has 0 bridgehead atoms. The second kappa shape index (κ2) is 9.28. The Morgan fingerprint density at radius 3 is 2.70 bits per heavy atom. The SMILES string of the molecule is COc1cccc(C(=O)N2CCCCC2C2CCN(C(=O)Cn3cncn3)CC2)c1. The van der Waals surface area contributed by atoms with Crippen molar-refractivity contribution in [2.45, 2.75) is 44.7 Å². The first-order valence-corrected chi connectivity index (χ1v) is 10.7. The molecule has 2 saturated heterocycles. The Morgan fingerprint density at radius 2 is 1.97 bits per heavy atom. The number of hydrogen-bond acceptors (Lipinski definition) is 5. The molecule has 4 rings (SSSR count). The van der Waals surface area contributed by atoms with Crippen LogP contribution in [0.3, 0.4) is 0 Å². The van der Waals surface area contributed by atoms with Gasteiger partial charge in [0.1, 0.15) is 24.9 Å². The van der Waals surface area contributed by atoms with Gasteiger partial charge in [-0.25, -0.2) is 9.67 Å². The van der Waals surface area contributed by atoms with E-state index in [9.17, 15) is 9.59 Å². The Bertz CT molecular complexity index is 861. The van der Waals surface area contributed by atoms with Gasteiger partial charge in [0, 0.05) is 31.2 Å². The normalized spacial score (nSPS) is 20.2. The summed E-state index contributed by atoms with van der Waals surface area (Å²) in [4.78, 5) is 33.7. The topological polar surface area (TPSA) is 80.6 Å². The van der Waals surface area contributed by atoms with E-state index in [0.717, 1.165) is 51.7 Å². The van der Waals surface area contributed by atoms with Gasteiger partial charge in [0.25, 0.3) is 5.91 Å². The molecule has 2 aromatic rings. The van der Waals surface area contributed by atoms with Crippen LogP contribution < -0.4 is 4.74 Å². The van der Waals surface area contributed by atoms with E-state index in [2.05, 4.69) is 15.0 Å². The summed E-state index contributed by atoms with van der Waals surface area (Å²) in [6.07, 6.45) is 8.09. The molecule has 8 nitrogen and oxygen atoms in total. The molecule has 0 N–H and O–H groups in total. The van der Waals surface area contributed by atoms with Crippen LogP contribution in [0.2, 0.25) is 0 Å². The van der Waals surface area contributed by atoms with Crippen molar-refractivity contribution in [3.63, 3.8) is 0 Å². The number of aromatic nitrogens is 3. The first-order chi connectivity index (χ1) is 14.7. The van der Waals surface area contributed by atoms with Crippen molar-refractivity contribution in [3.05, 3.63) is 42.5 Å². The number of likely N-dealkylation sites (tertiary alicyclic amines) is 2. The highest BCUT2D eigenvalue weighted by Crippen LogP contribution is 2.32. The molecule has 0 aliphatic carbocycles. The standard InChI is InChI=1S/C22H29N5O3/c1-30-19-6-4-5-18(13-19)22(29)27-10-3-2-7-20(27)17-8-11-25(12-9-17)21(28)14-26-16-23-15-24-26/h4-6,13,15-17,20H,2-3,7-12,14H2,1H3. The van der Waals surface area contributed by atoms with Crippen molar-refractivity contribution in [2.24, 2.45) is 5.92 Å². The van der Waals surface area contributed by atoms with Crippen molar-refractivity contribution < 1.29 is 14.3 Å². The van der Waals surface area contributed by atoms with Gasteiger partial charge in [0.2, 0.25) is 5.91 Å². The Morgan fingerprint density at radius 1 is 1.13 bits per heavy atom. The minimum Gasteiger partial charge on any atom is -0.497 e. The van der Waals surface area contributed by atoms with Gasteiger partial charge >= 0.3 is 0 Å². The van der Waals surface area contributed by atoms with Gasteiger partial charge in [0.05, 0.1) is 7.11 Å². The largest absolute Gasteiger partial charge is 0.497 e. The van der Waals surface area contributed by atoms with E-state index in [1.165, 1.54) is 6.33 Å². The van der Waals surface area contributed by atoms with Crippen molar-refractivity contribution in [3.8, 4) is 5.75 Å². The molecule has 0 spiro atoms. The van der Waals surface area contributed by atoms with Crippen molar-refractivity contribution >= 4 is 11.8 Å². The predicted octanol–water partition coefficient (Wildman–Crippen LogP) is 2.22. The van der Waals surface area contributed by atoms with Gasteiger partial charge < -0.3 is 14.5 Å². The van der Waals surface area contributed by atoms with Gasteiger partial charge in [-0.05, 0) is 56.2 Å². The molecule has 3 heterocycles. The van der Waals surface area contributed by atoms with Gasteiger partial charge in [-0.1, -0.05) is 6.07 Å². The van der Waals surface area contributed by atoms with Crippen molar-refractivity contribution in [1.82, 2.24) is 24.6 Å². The summed E-state index contributed by atoms with van der Waals surface area (Å²) in [5.41, 5.74) is 0.682. The quantitative estimate of drug-likeness (QED) is 0.754. The highest BCUT2D eigenvalue weighted by molar-refractivity contribution is 5.95. The van der Waals surface area contributed by atoms with Crippen molar-refractivity contribution in [2.75, 3.05) is 26.7 Å². The minimum atomic E-state index is 0.0758. The van der Waals surface area contributed by atoms with Crippen LogP contribution in [0.25, 0.3) is 0 Å². The number of rotatable bonds is 5. The minimum absolute atomic E-state index is 0.0758. The van der Waals surface area contributed by atoms with Gasteiger partial charge in [-0.3, -0.25) is 9.59 Å². The van der Waals surface area contributed by atoms with Crippen LogP contribution in [0.4, 0.5) is 0 Å². The average molecular weight is 412 g/mol. The monoisotopic (exact) mass is 411 g/mol. The van der Waals surface area contributed by atoms with E-state index in [0.29, 0.717) is 17.2 Å². The lowest BCUT2D eigenvalue weighted by molar-refractivity contribution is -0.133. The van der Waals surface area contributed by atoms with E-state index >= 15 is 0 Å². The van der Waals surface area contributed by atoms with Crippen LogP contribution in [0.1, 0.15) is 42.5 Å². The van der Waals surface area contributed by atoms with E-state index in [1.807, 2.05) is 29.2 Å².